The van der Waals surface area contributed by atoms with Gasteiger partial charge in [0.25, 0.3) is 5.91 Å². The Bertz CT molecular complexity index is 1090. The molecular formula is C21H17F2N3O2S. The number of nitrogens with zero attached hydrogens (tertiary/aromatic N) is 2. The van der Waals surface area contributed by atoms with Crippen molar-refractivity contribution in [2.45, 2.75) is 13.8 Å². The van der Waals surface area contributed by atoms with Crippen LogP contribution in [-0.2, 0) is 0 Å². The van der Waals surface area contributed by atoms with Crippen molar-refractivity contribution in [3.8, 4) is 10.6 Å². The lowest BCUT2D eigenvalue weighted by atomic mass is 10.1. The van der Waals surface area contributed by atoms with Crippen LogP contribution in [0.4, 0.5) is 8.78 Å². The predicted octanol–water partition coefficient (Wildman–Crippen LogP) is 5.26. The maximum atomic E-state index is 13.7. The number of hydrogen-bond donors (Lipinski definition) is 1. The van der Waals surface area contributed by atoms with E-state index in [1.165, 1.54) is 30.0 Å². The maximum absolute atomic E-state index is 13.7. The number of aryl methyl sites for hydroxylation is 1. The van der Waals surface area contributed by atoms with Gasteiger partial charge in [-0.05, 0) is 38.1 Å². The molecule has 0 atom stereocenters. The van der Waals surface area contributed by atoms with Gasteiger partial charge in [0.05, 0.1) is 16.8 Å². The first kappa shape index (κ1) is 20.3. The Morgan fingerprint density at radius 1 is 1.34 bits per heavy atom. The molecule has 5 nitrogen and oxygen atoms in total. The van der Waals surface area contributed by atoms with E-state index < -0.39 is 23.1 Å². The summed E-state index contributed by atoms with van der Waals surface area (Å²) in [6.45, 7) is 7.30. The fourth-order valence-corrected chi connectivity index (χ4v) is 3.56. The minimum Gasteiger partial charge on any atom is -0.443 e. The van der Waals surface area contributed by atoms with E-state index in [0.717, 1.165) is 27.5 Å². The molecule has 0 unspecified atom stereocenters. The fraction of sp³-hybridized carbons (Fsp3) is 0.0952. The normalized spacial score (nSPS) is 12.1. The highest BCUT2D eigenvalue weighted by Crippen LogP contribution is 2.31. The van der Waals surface area contributed by atoms with E-state index in [-0.39, 0.29) is 0 Å². The van der Waals surface area contributed by atoms with Gasteiger partial charge in [0.1, 0.15) is 17.2 Å². The van der Waals surface area contributed by atoms with E-state index in [1.54, 1.807) is 19.2 Å². The molecule has 3 aromatic rings. The first-order valence-corrected chi connectivity index (χ1v) is 9.34. The molecule has 0 aliphatic heterocycles. The Morgan fingerprint density at radius 3 is 2.69 bits per heavy atom. The minimum atomic E-state index is -0.931. The number of aromatic nitrogens is 1. The van der Waals surface area contributed by atoms with Gasteiger partial charge in [-0.3, -0.25) is 9.79 Å². The lowest BCUT2D eigenvalue weighted by Gasteiger charge is -2.06. The highest BCUT2D eigenvalue weighted by molar-refractivity contribution is 7.15. The van der Waals surface area contributed by atoms with Crippen LogP contribution in [0.5, 0.6) is 0 Å². The van der Waals surface area contributed by atoms with Crippen molar-refractivity contribution >= 4 is 23.0 Å². The molecule has 1 N–H and O–H groups in total. The van der Waals surface area contributed by atoms with Crippen LogP contribution in [0.3, 0.4) is 0 Å². The van der Waals surface area contributed by atoms with Crippen LogP contribution in [0, 0.1) is 18.6 Å². The van der Waals surface area contributed by atoms with Gasteiger partial charge in [-0.2, -0.15) is 0 Å². The summed E-state index contributed by atoms with van der Waals surface area (Å²) in [6.07, 6.45) is 5.97. The first-order valence-electron chi connectivity index (χ1n) is 8.52. The molecule has 0 aliphatic carbocycles. The molecule has 2 heterocycles. The van der Waals surface area contributed by atoms with Crippen LogP contribution < -0.4 is 5.32 Å². The van der Waals surface area contributed by atoms with E-state index in [1.807, 2.05) is 13.0 Å². The third-order valence-corrected chi connectivity index (χ3v) is 5.03. The Morgan fingerprint density at radius 2 is 2.07 bits per heavy atom. The molecule has 0 saturated carbocycles. The Labute approximate surface area is 170 Å². The number of oxazole rings is 1. The van der Waals surface area contributed by atoms with Crippen molar-refractivity contribution in [2.24, 2.45) is 4.99 Å². The zero-order valence-electron chi connectivity index (χ0n) is 15.7. The number of allylic oxidation sites excluding steroid dienone is 2. The lowest BCUT2D eigenvalue weighted by molar-refractivity contribution is 0.0957. The van der Waals surface area contributed by atoms with Gasteiger partial charge in [-0.1, -0.05) is 12.6 Å². The van der Waals surface area contributed by atoms with Crippen LogP contribution in [0.25, 0.3) is 10.6 Å². The van der Waals surface area contributed by atoms with Crippen LogP contribution in [0.15, 0.2) is 70.8 Å². The predicted molar refractivity (Wildman–Crippen MR) is 109 cm³/mol. The van der Waals surface area contributed by atoms with Crippen molar-refractivity contribution in [3.05, 3.63) is 89.0 Å². The Kier molecular flexibility index (Phi) is 6.13. The van der Waals surface area contributed by atoms with Crippen molar-refractivity contribution in [3.63, 3.8) is 0 Å². The molecule has 2 aromatic heterocycles. The molecule has 1 amide bonds. The van der Waals surface area contributed by atoms with Crippen molar-refractivity contribution in [1.29, 1.82) is 0 Å². The topological polar surface area (TPSA) is 67.5 Å². The zero-order valence-corrected chi connectivity index (χ0v) is 16.5. The molecule has 0 radical (unpaired) electrons. The van der Waals surface area contributed by atoms with Crippen LogP contribution >= 0.6 is 11.3 Å². The van der Waals surface area contributed by atoms with Gasteiger partial charge in [-0.25, -0.2) is 13.8 Å². The molecule has 3 rings (SSSR count). The summed E-state index contributed by atoms with van der Waals surface area (Å²) < 4.78 is 32.8. The number of aliphatic imine (C=N–C) groups is 1. The minimum absolute atomic E-state index is 0.320. The van der Waals surface area contributed by atoms with E-state index in [0.29, 0.717) is 17.2 Å². The molecule has 0 fully saturated rings. The third-order valence-electron chi connectivity index (χ3n) is 3.96. The van der Waals surface area contributed by atoms with Crippen molar-refractivity contribution in [2.75, 3.05) is 0 Å². The van der Waals surface area contributed by atoms with E-state index in [9.17, 15) is 13.6 Å². The maximum Gasteiger partial charge on any atom is 0.261 e. The van der Waals surface area contributed by atoms with E-state index >= 15 is 0 Å². The van der Waals surface area contributed by atoms with Crippen LogP contribution in [-0.4, -0.2) is 16.6 Å². The molecule has 0 spiro atoms. The number of carbonyl (C=O) groups is 1. The van der Waals surface area contributed by atoms with Crippen LogP contribution in [0.1, 0.15) is 27.7 Å². The second kappa shape index (κ2) is 8.74. The SMILES string of the molecule is C=CC(=N/C=C(\C)NC(=O)c1c(F)cccc1F)c1cc(-c2cnco2)sc1C. The van der Waals surface area contributed by atoms with Crippen molar-refractivity contribution in [1.82, 2.24) is 10.3 Å². The number of carbonyl (C=O) groups excluding carboxylic acids is 1. The molecular weight excluding hydrogens is 396 g/mol. The van der Waals surface area contributed by atoms with Crippen molar-refractivity contribution < 1.29 is 18.0 Å². The summed E-state index contributed by atoms with van der Waals surface area (Å²) in [4.78, 5) is 22.3. The fourth-order valence-electron chi connectivity index (χ4n) is 2.58. The second-order valence-corrected chi connectivity index (χ2v) is 7.28. The number of amides is 1. The average Bonchev–Trinajstić information content (AvgIpc) is 3.32. The van der Waals surface area contributed by atoms with Gasteiger partial charge in [-0.15, -0.1) is 11.3 Å². The summed E-state index contributed by atoms with van der Waals surface area (Å²) >= 11 is 1.53. The summed E-state index contributed by atoms with van der Waals surface area (Å²) in [5.41, 5.74) is 1.11. The van der Waals surface area contributed by atoms with Gasteiger partial charge >= 0.3 is 0 Å². The molecule has 148 valence electrons. The van der Waals surface area contributed by atoms with E-state index in [4.69, 9.17) is 4.42 Å². The molecule has 0 aliphatic rings. The highest BCUT2D eigenvalue weighted by atomic mass is 32.1. The average molecular weight is 413 g/mol. The second-order valence-electron chi connectivity index (χ2n) is 6.03. The largest absolute Gasteiger partial charge is 0.443 e. The third kappa shape index (κ3) is 4.55. The Balaban J connectivity index is 1.82. The standard InChI is InChI=1S/C21H17F2N3O2S/c1-4-17(14-8-19(29-13(14)3)18-10-24-11-28-18)25-9-12(2)26-21(27)20-15(22)6-5-7-16(20)23/h4-11H,1H2,2-3H3,(H,26,27)/b12-9+,25-17?. The van der Waals surface area contributed by atoms with Gasteiger partial charge in [0, 0.05) is 22.3 Å². The molecule has 8 heteroatoms. The summed E-state index contributed by atoms with van der Waals surface area (Å²) in [7, 11) is 0. The number of rotatable bonds is 6. The summed E-state index contributed by atoms with van der Waals surface area (Å²) in [5, 5.41) is 2.43. The number of hydrogen-bond acceptors (Lipinski definition) is 5. The first-order chi connectivity index (χ1) is 13.9. The number of benzene rings is 1. The summed E-state index contributed by atoms with van der Waals surface area (Å²) in [6, 6.07) is 5.16. The number of thiophene rings is 1. The lowest BCUT2D eigenvalue weighted by Crippen LogP contribution is -2.23. The monoisotopic (exact) mass is 413 g/mol. The number of nitrogens with one attached hydrogen (secondary N) is 1. The zero-order chi connectivity index (χ0) is 21.0. The summed E-state index contributed by atoms with van der Waals surface area (Å²) in [5.74, 6) is -2.10. The van der Waals surface area contributed by atoms with Gasteiger partial charge in [0.15, 0.2) is 12.2 Å². The smallest absolute Gasteiger partial charge is 0.261 e. The molecule has 0 saturated heterocycles. The molecule has 29 heavy (non-hydrogen) atoms. The molecule has 0 bridgehead atoms. The van der Waals surface area contributed by atoms with Crippen LogP contribution in [0.2, 0.25) is 0 Å². The highest BCUT2D eigenvalue weighted by Gasteiger charge is 2.17. The molecule has 1 aromatic carbocycles. The van der Waals surface area contributed by atoms with Gasteiger partial charge in [0.2, 0.25) is 0 Å². The Hall–Kier alpha value is -3.39. The van der Waals surface area contributed by atoms with E-state index in [2.05, 4.69) is 21.9 Å². The quantitative estimate of drug-likeness (QED) is 0.561. The number of halogens is 2. The van der Waals surface area contributed by atoms with Gasteiger partial charge < -0.3 is 9.73 Å².